The number of carbonyl (C=O) groups is 4. The number of piperidine rings is 1. The summed E-state index contributed by atoms with van der Waals surface area (Å²) in [6.07, 6.45) is 3.46. The first kappa shape index (κ1) is 21.3. The third kappa shape index (κ3) is 4.73. The molecule has 4 amide bonds. The molecule has 4 rings (SSSR count). The van der Waals surface area contributed by atoms with Gasteiger partial charge in [0.05, 0.1) is 6.61 Å². The Labute approximate surface area is 181 Å². The quantitative estimate of drug-likeness (QED) is 0.651. The summed E-state index contributed by atoms with van der Waals surface area (Å²) < 4.78 is 5.31. The molecule has 1 aromatic carbocycles. The summed E-state index contributed by atoms with van der Waals surface area (Å²) in [6, 6.07) is 4.82. The highest BCUT2D eigenvalue weighted by molar-refractivity contribution is 6.05. The molecule has 0 spiro atoms. The molecular weight excluding hydrogens is 398 g/mol. The number of rotatable bonds is 7. The molecule has 166 valence electrons. The summed E-state index contributed by atoms with van der Waals surface area (Å²) in [5, 5.41) is 5.03. The van der Waals surface area contributed by atoms with Crippen LogP contribution in [0.25, 0.3) is 0 Å². The number of hydrogen-bond donors (Lipinski definition) is 2. The molecule has 8 nitrogen and oxygen atoms in total. The van der Waals surface area contributed by atoms with Gasteiger partial charge >= 0.3 is 6.09 Å². The minimum absolute atomic E-state index is 0.203. The molecule has 3 aliphatic rings. The van der Waals surface area contributed by atoms with Gasteiger partial charge < -0.3 is 15.0 Å². The predicted molar refractivity (Wildman–Crippen MR) is 112 cm³/mol. The molecule has 0 aromatic heterocycles. The summed E-state index contributed by atoms with van der Waals surface area (Å²) in [7, 11) is 0. The van der Waals surface area contributed by atoms with Crippen LogP contribution in [0, 0.1) is 11.3 Å². The summed E-state index contributed by atoms with van der Waals surface area (Å²) in [6.45, 7) is 5.41. The van der Waals surface area contributed by atoms with E-state index < -0.39 is 18.0 Å². The third-order valence-electron chi connectivity index (χ3n) is 6.69. The lowest BCUT2D eigenvalue weighted by Crippen LogP contribution is -2.52. The summed E-state index contributed by atoms with van der Waals surface area (Å²) in [5.41, 5.74) is 2.36. The van der Waals surface area contributed by atoms with E-state index in [0.717, 1.165) is 23.5 Å². The average molecular weight is 428 g/mol. The lowest BCUT2D eigenvalue weighted by atomic mass is 9.84. The number of alkyl carbamates (subject to hydrolysis) is 1. The van der Waals surface area contributed by atoms with Gasteiger partial charge in [0.2, 0.25) is 11.8 Å². The molecule has 2 N–H and O–H groups in total. The molecule has 2 heterocycles. The topological polar surface area (TPSA) is 105 Å². The number of amides is 4. The second kappa shape index (κ2) is 8.32. The first-order chi connectivity index (χ1) is 14.7. The normalized spacial score (nSPS) is 21.0. The van der Waals surface area contributed by atoms with Crippen LogP contribution in [0.1, 0.15) is 67.4 Å². The Bertz CT molecular complexity index is 922. The van der Waals surface area contributed by atoms with Gasteiger partial charge in [-0.3, -0.25) is 19.7 Å². The van der Waals surface area contributed by atoms with Gasteiger partial charge in [-0.05, 0) is 54.2 Å². The monoisotopic (exact) mass is 427 g/mol. The Kier molecular flexibility index (Phi) is 5.73. The SMILES string of the molecule is CC(C)(CCOC(=O)NCc1ccc2c(c1)C(=O)N(C1CCC(=O)NC1=O)C2)C1CC1. The van der Waals surface area contributed by atoms with Crippen molar-refractivity contribution in [2.45, 2.75) is 65.1 Å². The van der Waals surface area contributed by atoms with Crippen molar-refractivity contribution in [2.24, 2.45) is 11.3 Å². The maximum atomic E-state index is 12.9. The van der Waals surface area contributed by atoms with Crippen molar-refractivity contribution in [2.75, 3.05) is 6.61 Å². The second-order valence-electron chi connectivity index (χ2n) is 9.39. The molecule has 1 atom stereocenters. The molecule has 1 aromatic rings. The predicted octanol–water partition coefficient (Wildman–Crippen LogP) is 2.50. The molecule has 2 fully saturated rings. The van der Waals surface area contributed by atoms with Crippen LogP contribution in [0.15, 0.2) is 18.2 Å². The number of hydrogen-bond acceptors (Lipinski definition) is 5. The molecule has 31 heavy (non-hydrogen) atoms. The van der Waals surface area contributed by atoms with Gasteiger partial charge in [0, 0.05) is 25.1 Å². The first-order valence-corrected chi connectivity index (χ1v) is 10.9. The summed E-state index contributed by atoms with van der Waals surface area (Å²) >= 11 is 0. The van der Waals surface area contributed by atoms with E-state index in [9.17, 15) is 19.2 Å². The maximum Gasteiger partial charge on any atom is 0.407 e. The zero-order valence-electron chi connectivity index (χ0n) is 18.0. The first-order valence-electron chi connectivity index (χ1n) is 10.9. The molecule has 8 heteroatoms. The minimum Gasteiger partial charge on any atom is -0.450 e. The van der Waals surface area contributed by atoms with Crippen LogP contribution in [0.3, 0.4) is 0 Å². The fourth-order valence-electron chi connectivity index (χ4n) is 4.41. The van der Waals surface area contributed by atoms with E-state index in [1.165, 1.54) is 17.7 Å². The Morgan fingerprint density at radius 3 is 2.71 bits per heavy atom. The standard InChI is InChI=1S/C23H29N3O5/c1-23(2,16-5-6-16)9-10-31-22(30)24-12-14-3-4-15-13-26(21(29)17(15)11-14)18-7-8-19(27)25-20(18)28/h3-4,11,16,18H,5-10,12-13H2,1-2H3,(H,24,30)(H,25,27,28). The Morgan fingerprint density at radius 2 is 2.00 bits per heavy atom. The number of nitrogens with zero attached hydrogens (tertiary/aromatic N) is 1. The van der Waals surface area contributed by atoms with Crippen LogP contribution in [-0.4, -0.2) is 41.4 Å². The maximum absolute atomic E-state index is 12.9. The van der Waals surface area contributed by atoms with E-state index in [1.54, 1.807) is 6.07 Å². The van der Waals surface area contributed by atoms with Gasteiger partial charge in [0.1, 0.15) is 6.04 Å². The van der Waals surface area contributed by atoms with E-state index in [0.29, 0.717) is 25.1 Å². The zero-order chi connectivity index (χ0) is 22.2. The van der Waals surface area contributed by atoms with Crippen molar-refractivity contribution >= 4 is 23.8 Å². The van der Waals surface area contributed by atoms with E-state index in [4.69, 9.17) is 4.74 Å². The largest absolute Gasteiger partial charge is 0.450 e. The van der Waals surface area contributed by atoms with E-state index in [2.05, 4.69) is 24.5 Å². The average Bonchev–Trinajstić information content (AvgIpc) is 3.53. The summed E-state index contributed by atoms with van der Waals surface area (Å²) in [5.74, 6) is -0.215. The van der Waals surface area contributed by atoms with E-state index in [1.807, 2.05) is 12.1 Å². The minimum atomic E-state index is -0.631. The number of benzene rings is 1. The highest BCUT2D eigenvalue weighted by Crippen LogP contribution is 2.47. The van der Waals surface area contributed by atoms with Crippen LogP contribution >= 0.6 is 0 Å². The molecule has 2 aliphatic heterocycles. The van der Waals surface area contributed by atoms with Crippen molar-refractivity contribution < 1.29 is 23.9 Å². The van der Waals surface area contributed by atoms with Crippen molar-refractivity contribution in [1.29, 1.82) is 0 Å². The van der Waals surface area contributed by atoms with Gasteiger partial charge in [-0.2, -0.15) is 0 Å². The van der Waals surface area contributed by atoms with Gasteiger partial charge in [-0.1, -0.05) is 26.0 Å². The van der Waals surface area contributed by atoms with Gasteiger partial charge in [-0.15, -0.1) is 0 Å². The fourth-order valence-corrected chi connectivity index (χ4v) is 4.41. The second-order valence-corrected chi connectivity index (χ2v) is 9.39. The number of imide groups is 1. The lowest BCUT2D eigenvalue weighted by molar-refractivity contribution is -0.136. The number of carbonyl (C=O) groups excluding carboxylic acids is 4. The molecule has 0 radical (unpaired) electrons. The number of ether oxygens (including phenoxy) is 1. The molecule has 1 unspecified atom stereocenters. The smallest absolute Gasteiger partial charge is 0.407 e. The van der Waals surface area contributed by atoms with Crippen LogP contribution in [0.2, 0.25) is 0 Å². The van der Waals surface area contributed by atoms with E-state index in [-0.39, 0.29) is 30.2 Å². The Hall–Kier alpha value is -2.90. The fraction of sp³-hybridized carbons (Fsp3) is 0.565. The van der Waals surface area contributed by atoms with Crippen molar-refractivity contribution in [3.05, 3.63) is 34.9 Å². The van der Waals surface area contributed by atoms with Crippen LogP contribution in [0.5, 0.6) is 0 Å². The molecule has 1 saturated heterocycles. The van der Waals surface area contributed by atoms with Crippen LogP contribution in [-0.2, 0) is 27.4 Å². The Balaban J connectivity index is 1.29. The third-order valence-corrected chi connectivity index (χ3v) is 6.69. The lowest BCUT2D eigenvalue weighted by Gasteiger charge is -2.29. The van der Waals surface area contributed by atoms with Gasteiger partial charge in [0.15, 0.2) is 0 Å². The van der Waals surface area contributed by atoms with Crippen molar-refractivity contribution in [3.63, 3.8) is 0 Å². The van der Waals surface area contributed by atoms with E-state index >= 15 is 0 Å². The van der Waals surface area contributed by atoms with Crippen molar-refractivity contribution in [1.82, 2.24) is 15.5 Å². The van der Waals surface area contributed by atoms with Gasteiger partial charge in [-0.25, -0.2) is 4.79 Å². The molecule has 1 saturated carbocycles. The molecular formula is C23H29N3O5. The Morgan fingerprint density at radius 1 is 1.23 bits per heavy atom. The van der Waals surface area contributed by atoms with Gasteiger partial charge in [0.25, 0.3) is 5.91 Å². The van der Waals surface area contributed by atoms with Crippen LogP contribution in [0.4, 0.5) is 4.79 Å². The number of nitrogens with one attached hydrogen (secondary N) is 2. The molecule has 1 aliphatic carbocycles. The highest BCUT2D eigenvalue weighted by atomic mass is 16.5. The van der Waals surface area contributed by atoms with Crippen molar-refractivity contribution in [3.8, 4) is 0 Å². The molecule has 0 bridgehead atoms. The summed E-state index contributed by atoms with van der Waals surface area (Å²) in [4.78, 5) is 49.9. The van der Waals surface area contributed by atoms with Crippen LogP contribution < -0.4 is 10.6 Å². The number of fused-ring (bicyclic) bond motifs is 1. The highest BCUT2D eigenvalue weighted by Gasteiger charge is 2.39. The zero-order valence-corrected chi connectivity index (χ0v) is 18.0.